The molecule has 4 N–H and O–H groups in total. The number of amides is 1. The Hall–Kier alpha value is -3.05. The van der Waals surface area contributed by atoms with Crippen LogP contribution in [0.4, 0.5) is 17.2 Å². The summed E-state index contributed by atoms with van der Waals surface area (Å²) in [5.74, 6) is 1.07. The number of aryl methyl sites for hydroxylation is 1. The summed E-state index contributed by atoms with van der Waals surface area (Å²) >= 11 is 1.44. The number of thioether (sulfide) groups is 1. The third-order valence-corrected chi connectivity index (χ3v) is 5.89. The van der Waals surface area contributed by atoms with Crippen molar-refractivity contribution >= 4 is 40.5 Å². The van der Waals surface area contributed by atoms with Crippen LogP contribution in [0.2, 0.25) is 0 Å². The van der Waals surface area contributed by atoms with E-state index in [1.807, 2.05) is 31.4 Å². The Morgan fingerprint density at radius 3 is 2.74 bits per heavy atom. The van der Waals surface area contributed by atoms with Crippen molar-refractivity contribution < 1.29 is 9.53 Å². The summed E-state index contributed by atoms with van der Waals surface area (Å²) in [6.07, 6.45) is 2.57. The van der Waals surface area contributed by atoms with Gasteiger partial charge in [0.05, 0.1) is 12.8 Å². The first-order valence-electron chi connectivity index (χ1n) is 10.1. The number of benzene rings is 1. The second-order valence-electron chi connectivity index (χ2n) is 7.06. The number of rotatable bonds is 7. The van der Waals surface area contributed by atoms with Gasteiger partial charge in [-0.15, -0.1) is 10.2 Å². The Kier molecular flexibility index (Phi) is 6.14. The molecule has 4 rings (SSSR count). The number of nitrogens with one attached hydrogen (secondary N) is 2. The van der Waals surface area contributed by atoms with Gasteiger partial charge in [0.25, 0.3) is 5.91 Å². The highest BCUT2D eigenvalue weighted by atomic mass is 32.2. The summed E-state index contributed by atoms with van der Waals surface area (Å²) in [5, 5.41) is 15.7. The Bertz CT molecular complexity index is 1110. The zero-order chi connectivity index (χ0) is 22.0. The normalized spacial score (nSPS) is 14.1. The molecule has 1 fully saturated rings. The van der Waals surface area contributed by atoms with Gasteiger partial charge in [0, 0.05) is 44.4 Å². The molecule has 1 aliphatic rings. The van der Waals surface area contributed by atoms with E-state index in [0.717, 1.165) is 37.7 Å². The van der Waals surface area contributed by atoms with Gasteiger partial charge in [-0.2, -0.15) is 0 Å². The zero-order valence-corrected chi connectivity index (χ0v) is 18.6. The number of fused-ring (bicyclic) bond motifs is 1. The molecule has 1 aromatic carbocycles. The molecule has 1 amide bonds. The maximum absolute atomic E-state index is 12.3. The molecule has 11 heteroatoms. The first kappa shape index (κ1) is 21.2. The van der Waals surface area contributed by atoms with Crippen molar-refractivity contribution in [3.05, 3.63) is 29.6 Å². The Morgan fingerprint density at radius 1 is 1.32 bits per heavy atom. The fraction of sp³-hybridized carbons (Fsp3) is 0.400. The molecule has 3 aromatic rings. The highest BCUT2D eigenvalue weighted by Crippen LogP contribution is 2.34. The van der Waals surface area contributed by atoms with Crippen molar-refractivity contribution in [3.8, 4) is 5.75 Å². The van der Waals surface area contributed by atoms with Gasteiger partial charge in [-0.1, -0.05) is 18.7 Å². The maximum Gasteiger partial charge on any atom is 0.256 e. The van der Waals surface area contributed by atoms with E-state index in [1.165, 1.54) is 11.8 Å². The average Bonchev–Trinajstić information content (AvgIpc) is 3.23. The van der Waals surface area contributed by atoms with Crippen molar-refractivity contribution in [2.24, 2.45) is 5.73 Å². The van der Waals surface area contributed by atoms with Gasteiger partial charge in [-0.05, 0) is 18.4 Å². The van der Waals surface area contributed by atoms with Gasteiger partial charge in [0.2, 0.25) is 0 Å². The summed E-state index contributed by atoms with van der Waals surface area (Å²) in [6, 6.07) is 5.94. The summed E-state index contributed by atoms with van der Waals surface area (Å²) in [4.78, 5) is 19.3. The third kappa shape index (κ3) is 3.98. The second-order valence-corrected chi connectivity index (χ2v) is 7.84. The van der Waals surface area contributed by atoms with Gasteiger partial charge in [-0.3, -0.25) is 9.20 Å². The van der Waals surface area contributed by atoms with Gasteiger partial charge in [0.1, 0.15) is 23.0 Å². The summed E-state index contributed by atoms with van der Waals surface area (Å²) in [6.45, 7) is 5.74. The highest BCUT2D eigenvalue weighted by molar-refractivity contribution is 7.98. The third-order valence-electron chi connectivity index (χ3n) is 5.25. The minimum absolute atomic E-state index is 0.193. The predicted octanol–water partition coefficient (Wildman–Crippen LogP) is 1.67. The molecule has 0 bridgehead atoms. The lowest BCUT2D eigenvalue weighted by Gasteiger charge is -2.30. The molecule has 1 saturated heterocycles. The van der Waals surface area contributed by atoms with Crippen LogP contribution < -0.4 is 26.0 Å². The first-order chi connectivity index (χ1) is 15.1. The van der Waals surface area contributed by atoms with Gasteiger partial charge >= 0.3 is 0 Å². The number of carbonyl (C=O) groups is 1. The standard InChI is InChI=1S/C20H26N8O2S/c1-4-15-25-26-19-16(17(21)29)18(24-20(31-3)28(15)19)23-13-6-5-12(11-14(13)30-2)27-9-7-22-8-10-27/h5-6,11,22-23H,4,7-10H2,1-3H3,(H2,21,29). The first-order valence-corrected chi connectivity index (χ1v) is 11.3. The number of carbonyl (C=O) groups excluding carboxylic acids is 1. The van der Waals surface area contributed by atoms with Crippen molar-refractivity contribution in [1.82, 2.24) is 24.9 Å². The number of anilines is 3. The maximum atomic E-state index is 12.3. The largest absolute Gasteiger partial charge is 0.494 e. The quantitative estimate of drug-likeness (QED) is 0.370. The minimum Gasteiger partial charge on any atom is -0.494 e. The van der Waals surface area contributed by atoms with Crippen molar-refractivity contribution in [2.45, 2.75) is 18.5 Å². The Labute approximate surface area is 184 Å². The number of nitrogens with zero attached hydrogens (tertiary/aromatic N) is 5. The van der Waals surface area contributed by atoms with E-state index in [-0.39, 0.29) is 5.56 Å². The number of nitrogens with two attached hydrogens (primary N) is 1. The van der Waals surface area contributed by atoms with Crippen LogP contribution in [0, 0.1) is 0 Å². The Balaban J connectivity index is 1.77. The number of hydrogen-bond donors (Lipinski definition) is 3. The molecule has 2 aromatic heterocycles. The smallest absolute Gasteiger partial charge is 0.256 e. The van der Waals surface area contributed by atoms with Crippen LogP contribution in [0.3, 0.4) is 0 Å². The number of aromatic nitrogens is 4. The van der Waals surface area contributed by atoms with Crippen LogP contribution in [0.1, 0.15) is 23.1 Å². The van der Waals surface area contributed by atoms with Crippen LogP contribution in [0.5, 0.6) is 5.75 Å². The SMILES string of the molecule is CCc1nnc2c(C(N)=O)c(Nc3ccc(N4CCNCC4)cc3OC)nc(SC)n12. The topological polar surface area (TPSA) is 123 Å². The van der Waals surface area contributed by atoms with Crippen LogP contribution in [-0.4, -0.2) is 65.0 Å². The molecule has 1 aliphatic heterocycles. The molecular weight excluding hydrogens is 416 g/mol. The Morgan fingerprint density at radius 2 is 2.10 bits per heavy atom. The zero-order valence-electron chi connectivity index (χ0n) is 17.8. The van der Waals surface area contributed by atoms with E-state index in [1.54, 1.807) is 11.5 Å². The summed E-state index contributed by atoms with van der Waals surface area (Å²) in [5.41, 5.74) is 8.07. The average molecular weight is 443 g/mol. The fourth-order valence-corrected chi connectivity index (χ4v) is 4.26. The summed E-state index contributed by atoms with van der Waals surface area (Å²) in [7, 11) is 1.62. The number of ether oxygens (including phenoxy) is 1. The van der Waals surface area contributed by atoms with Crippen LogP contribution in [-0.2, 0) is 6.42 Å². The van der Waals surface area contributed by atoms with E-state index in [4.69, 9.17) is 10.5 Å². The fourth-order valence-electron chi connectivity index (χ4n) is 3.70. The van der Waals surface area contributed by atoms with E-state index in [9.17, 15) is 4.79 Å². The second kappa shape index (κ2) is 8.98. The van der Waals surface area contributed by atoms with Crippen molar-refractivity contribution in [1.29, 1.82) is 0 Å². The van der Waals surface area contributed by atoms with E-state index in [2.05, 4.69) is 30.7 Å². The van der Waals surface area contributed by atoms with Crippen LogP contribution in [0.15, 0.2) is 23.4 Å². The van der Waals surface area contributed by atoms with Crippen LogP contribution in [0.25, 0.3) is 5.65 Å². The summed E-state index contributed by atoms with van der Waals surface area (Å²) < 4.78 is 7.41. The van der Waals surface area contributed by atoms with Gasteiger partial charge < -0.3 is 26.0 Å². The molecule has 31 heavy (non-hydrogen) atoms. The predicted molar refractivity (Wildman–Crippen MR) is 122 cm³/mol. The van der Waals surface area contributed by atoms with E-state index in [0.29, 0.717) is 34.5 Å². The lowest BCUT2D eigenvalue weighted by atomic mass is 10.2. The number of methoxy groups -OCH3 is 1. The molecule has 0 radical (unpaired) electrons. The van der Waals surface area contributed by atoms with Gasteiger partial charge in [0.15, 0.2) is 10.8 Å². The number of piperazine rings is 1. The molecule has 0 saturated carbocycles. The lowest BCUT2D eigenvalue weighted by Crippen LogP contribution is -2.43. The molecule has 0 spiro atoms. The van der Waals surface area contributed by atoms with Crippen LogP contribution >= 0.6 is 11.8 Å². The van der Waals surface area contributed by atoms with Gasteiger partial charge in [-0.25, -0.2) is 4.98 Å². The van der Waals surface area contributed by atoms with E-state index < -0.39 is 5.91 Å². The number of hydrogen-bond acceptors (Lipinski definition) is 9. The molecule has 0 unspecified atom stereocenters. The molecular formula is C20H26N8O2S. The monoisotopic (exact) mass is 442 g/mol. The minimum atomic E-state index is -0.626. The lowest BCUT2D eigenvalue weighted by molar-refractivity contribution is 0.100. The number of primary amides is 1. The molecule has 164 valence electrons. The molecule has 0 aliphatic carbocycles. The molecule has 3 heterocycles. The van der Waals surface area contributed by atoms with E-state index >= 15 is 0 Å². The molecule has 10 nitrogen and oxygen atoms in total. The van der Waals surface area contributed by atoms with Crippen molar-refractivity contribution in [3.63, 3.8) is 0 Å². The van der Waals surface area contributed by atoms with Crippen molar-refractivity contribution in [2.75, 3.05) is 49.8 Å². The molecule has 0 atom stereocenters. The highest BCUT2D eigenvalue weighted by Gasteiger charge is 2.23.